The molecule has 154 valence electrons. The molecule has 0 saturated heterocycles. The van der Waals surface area contributed by atoms with Gasteiger partial charge in [-0.3, -0.25) is 9.59 Å². The number of amides is 2. The van der Waals surface area contributed by atoms with Crippen LogP contribution >= 0.6 is 0 Å². The predicted molar refractivity (Wildman–Crippen MR) is 102 cm³/mol. The maximum Gasteiger partial charge on any atom is 0.416 e. The van der Waals surface area contributed by atoms with Crippen molar-refractivity contribution in [3.05, 3.63) is 65.7 Å². The average Bonchev–Trinajstić information content (AvgIpc) is 2.69. The zero-order chi connectivity index (χ0) is 21.3. The summed E-state index contributed by atoms with van der Waals surface area (Å²) >= 11 is 0. The lowest BCUT2D eigenvalue weighted by Crippen LogP contribution is -2.33. The van der Waals surface area contributed by atoms with Crippen LogP contribution in [0.3, 0.4) is 0 Å². The number of carbonyl (C=O) groups is 2. The molecular formula is C20H20F3N3O3. The first-order valence-corrected chi connectivity index (χ1v) is 8.75. The van der Waals surface area contributed by atoms with Crippen LogP contribution < -0.4 is 5.32 Å². The van der Waals surface area contributed by atoms with E-state index in [-0.39, 0.29) is 18.2 Å². The molecule has 0 saturated carbocycles. The Kier molecular flexibility index (Phi) is 7.76. The molecule has 0 unspecified atom stereocenters. The molecule has 0 heterocycles. The lowest BCUT2D eigenvalue weighted by Gasteiger charge is -2.20. The van der Waals surface area contributed by atoms with Gasteiger partial charge in [-0.05, 0) is 30.7 Å². The van der Waals surface area contributed by atoms with Gasteiger partial charge in [0.05, 0.1) is 5.56 Å². The maximum atomic E-state index is 12.7. The topological polar surface area (TPSA) is 71.0 Å². The van der Waals surface area contributed by atoms with Gasteiger partial charge in [0.2, 0.25) is 0 Å². The Morgan fingerprint density at radius 3 is 2.52 bits per heavy atom. The largest absolute Gasteiger partial charge is 0.416 e. The van der Waals surface area contributed by atoms with E-state index in [2.05, 4.69) is 10.5 Å². The van der Waals surface area contributed by atoms with Crippen LogP contribution in [0.5, 0.6) is 0 Å². The molecular weight excluding hydrogens is 387 g/mol. The minimum Gasteiger partial charge on any atom is -0.386 e. The van der Waals surface area contributed by atoms with Crippen molar-refractivity contribution in [3.8, 4) is 0 Å². The summed E-state index contributed by atoms with van der Waals surface area (Å²) in [4.78, 5) is 30.3. The van der Waals surface area contributed by atoms with Gasteiger partial charge in [0.15, 0.2) is 6.61 Å². The van der Waals surface area contributed by atoms with Crippen molar-refractivity contribution in [1.29, 1.82) is 0 Å². The quantitative estimate of drug-likeness (QED) is 0.536. The fraction of sp³-hybridized carbons (Fsp3) is 0.250. The standard InChI is InChI=1S/C20H20F3N3O3/c1-2-26(13-15-7-4-3-5-8-15)19(28)14-29-24-12-18(27)25-17-10-6-9-16(11-17)20(21,22)23/h3-12H,2,13-14H2,1H3,(H,25,27). The van der Waals surface area contributed by atoms with Crippen LogP contribution in [0, 0.1) is 0 Å². The van der Waals surface area contributed by atoms with Gasteiger partial charge in [0, 0.05) is 18.8 Å². The van der Waals surface area contributed by atoms with Crippen molar-refractivity contribution < 1.29 is 27.6 Å². The van der Waals surface area contributed by atoms with Crippen LogP contribution in [0.25, 0.3) is 0 Å². The molecule has 2 aromatic carbocycles. The second-order valence-corrected chi connectivity index (χ2v) is 5.97. The van der Waals surface area contributed by atoms with Crippen molar-refractivity contribution in [1.82, 2.24) is 4.90 Å². The van der Waals surface area contributed by atoms with Crippen molar-refractivity contribution in [2.24, 2.45) is 5.16 Å². The summed E-state index contributed by atoms with van der Waals surface area (Å²) in [6.45, 7) is 2.34. The predicted octanol–water partition coefficient (Wildman–Crippen LogP) is 3.70. The molecule has 0 aromatic heterocycles. The molecule has 0 bridgehead atoms. The van der Waals surface area contributed by atoms with Crippen LogP contribution in [-0.4, -0.2) is 36.1 Å². The van der Waals surface area contributed by atoms with E-state index in [1.165, 1.54) is 12.1 Å². The zero-order valence-electron chi connectivity index (χ0n) is 15.6. The molecule has 0 aliphatic heterocycles. The van der Waals surface area contributed by atoms with Crippen LogP contribution in [0.15, 0.2) is 59.8 Å². The van der Waals surface area contributed by atoms with Crippen molar-refractivity contribution in [2.45, 2.75) is 19.6 Å². The first kappa shape index (κ1) is 21.9. The fourth-order valence-electron chi connectivity index (χ4n) is 2.40. The number of nitrogens with zero attached hydrogens (tertiary/aromatic N) is 2. The molecule has 2 aromatic rings. The van der Waals surface area contributed by atoms with E-state index in [9.17, 15) is 22.8 Å². The summed E-state index contributed by atoms with van der Waals surface area (Å²) in [5.41, 5.74) is 0.0474. The Bertz CT molecular complexity index is 855. The van der Waals surface area contributed by atoms with Gasteiger partial charge in [-0.1, -0.05) is 41.6 Å². The first-order valence-electron chi connectivity index (χ1n) is 8.75. The highest BCUT2D eigenvalue weighted by atomic mass is 19.4. The summed E-state index contributed by atoms with van der Waals surface area (Å²) in [6, 6.07) is 13.6. The maximum absolute atomic E-state index is 12.7. The molecule has 0 spiro atoms. The fourth-order valence-corrected chi connectivity index (χ4v) is 2.40. The highest BCUT2D eigenvalue weighted by molar-refractivity contribution is 6.31. The van der Waals surface area contributed by atoms with E-state index in [0.29, 0.717) is 13.1 Å². The molecule has 2 amide bonds. The zero-order valence-corrected chi connectivity index (χ0v) is 15.6. The summed E-state index contributed by atoms with van der Waals surface area (Å²) in [7, 11) is 0. The van der Waals surface area contributed by atoms with E-state index in [0.717, 1.165) is 23.9 Å². The number of hydrogen-bond acceptors (Lipinski definition) is 4. The molecule has 0 aliphatic carbocycles. The Hall–Kier alpha value is -3.36. The molecule has 0 fully saturated rings. The van der Waals surface area contributed by atoms with Gasteiger partial charge in [-0.25, -0.2) is 0 Å². The number of anilines is 1. The summed E-state index contributed by atoms with van der Waals surface area (Å²) < 4.78 is 38.0. The van der Waals surface area contributed by atoms with Crippen molar-refractivity contribution in [3.63, 3.8) is 0 Å². The molecule has 6 nitrogen and oxygen atoms in total. The van der Waals surface area contributed by atoms with E-state index < -0.39 is 17.6 Å². The molecule has 0 aliphatic rings. The summed E-state index contributed by atoms with van der Waals surface area (Å²) in [5.74, 6) is -1.10. The molecule has 0 atom stereocenters. The van der Waals surface area contributed by atoms with Crippen LogP contribution in [0.4, 0.5) is 18.9 Å². The number of nitrogens with one attached hydrogen (secondary N) is 1. The number of alkyl halides is 3. The molecule has 2 rings (SSSR count). The lowest BCUT2D eigenvalue weighted by molar-refractivity contribution is -0.137. The number of hydrogen-bond donors (Lipinski definition) is 1. The highest BCUT2D eigenvalue weighted by Crippen LogP contribution is 2.30. The summed E-state index contributed by atoms with van der Waals surface area (Å²) in [5, 5.41) is 5.64. The Labute approximate surface area is 166 Å². The Morgan fingerprint density at radius 1 is 1.14 bits per heavy atom. The van der Waals surface area contributed by atoms with E-state index in [1.54, 1.807) is 4.90 Å². The van der Waals surface area contributed by atoms with E-state index >= 15 is 0 Å². The smallest absolute Gasteiger partial charge is 0.386 e. The number of halogens is 3. The van der Waals surface area contributed by atoms with Gasteiger partial charge < -0.3 is 15.1 Å². The third-order valence-electron chi connectivity index (χ3n) is 3.84. The molecule has 0 radical (unpaired) electrons. The van der Waals surface area contributed by atoms with Crippen LogP contribution in [0.1, 0.15) is 18.1 Å². The van der Waals surface area contributed by atoms with Gasteiger partial charge in [-0.15, -0.1) is 0 Å². The number of oxime groups is 1. The third-order valence-corrected chi connectivity index (χ3v) is 3.84. The number of likely N-dealkylation sites (N-methyl/N-ethyl adjacent to an activating group) is 1. The summed E-state index contributed by atoms with van der Waals surface area (Å²) in [6.07, 6.45) is -3.76. The van der Waals surface area contributed by atoms with Gasteiger partial charge >= 0.3 is 6.18 Å². The third kappa shape index (κ3) is 7.28. The lowest BCUT2D eigenvalue weighted by atomic mass is 10.2. The number of carbonyl (C=O) groups excluding carboxylic acids is 2. The highest BCUT2D eigenvalue weighted by Gasteiger charge is 2.30. The Balaban J connectivity index is 1.81. The second-order valence-electron chi connectivity index (χ2n) is 5.97. The second kappa shape index (κ2) is 10.3. The number of benzene rings is 2. The normalized spacial score (nSPS) is 11.3. The first-order chi connectivity index (χ1) is 13.8. The minimum atomic E-state index is -4.51. The van der Waals surface area contributed by atoms with Crippen LogP contribution in [0.2, 0.25) is 0 Å². The van der Waals surface area contributed by atoms with E-state index in [1.807, 2.05) is 37.3 Å². The van der Waals surface area contributed by atoms with Gasteiger partial charge in [0.1, 0.15) is 6.21 Å². The molecule has 29 heavy (non-hydrogen) atoms. The van der Waals surface area contributed by atoms with Crippen molar-refractivity contribution in [2.75, 3.05) is 18.5 Å². The van der Waals surface area contributed by atoms with E-state index in [4.69, 9.17) is 4.84 Å². The SMILES string of the molecule is CCN(Cc1ccccc1)C(=O)CON=CC(=O)Nc1cccc(C(F)(F)F)c1. The monoisotopic (exact) mass is 407 g/mol. The average molecular weight is 407 g/mol. The Morgan fingerprint density at radius 2 is 1.86 bits per heavy atom. The van der Waals surface area contributed by atoms with Crippen molar-refractivity contribution >= 4 is 23.7 Å². The van der Waals surface area contributed by atoms with Crippen LogP contribution in [-0.2, 0) is 27.1 Å². The van der Waals surface area contributed by atoms with Gasteiger partial charge in [0.25, 0.3) is 11.8 Å². The minimum absolute atomic E-state index is 0.0348. The van der Waals surface area contributed by atoms with Gasteiger partial charge in [-0.2, -0.15) is 13.2 Å². The molecule has 1 N–H and O–H groups in total. The molecule has 9 heteroatoms. The number of rotatable bonds is 8.